The molecule has 1 aromatic carbocycles. The summed E-state index contributed by atoms with van der Waals surface area (Å²) in [6.45, 7) is 3.84. The van der Waals surface area contributed by atoms with Crippen molar-refractivity contribution in [1.29, 1.82) is 0 Å². The van der Waals surface area contributed by atoms with Crippen LogP contribution in [0.2, 0.25) is 5.02 Å². The van der Waals surface area contributed by atoms with Gasteiger partial charge in [-0.15, -0.1) is 0 Å². The molecule has 0 aromatic heterocycles. The van der Waals surface area contributed by atoms with E-state index < -0.39 is 0 Å². The van der Waals surface area contributed by atoms with Crippen molar-refractivity contribution in [3.63, 3.8) is 0 Å². The summed E-state index contributed by atoms with van der Waals surface area (Å²) in [5.41, 5.74) is 1.07. The summed E-state index contributed by atoms with van der Waals surface area (Å²) in [7, 11) is 1.63. The number of carbonyl (C=O) groups is 1. The Labute approximate surface area is 101 Å². The number of hydrogen-bond donors (Lipinski definition) is 2. The van der Waals surface area contributed by atoms with Crippen molar-refractivity contribution in [2.45, 2.75) is 25.9 Å². The molecule has 3 nitrogen and oxygen atoms in total. The normalized spacial score (nSPS) is 14.2. The van der Waals surface area contributed by atoms with Crippen molar-refractivity contribution in [2.75, 3.05) is 7.05 Å². The summed E-state index contributed by atoms with van der Waals surface area (Å²) in [6.07, 6.45) is 0. The monoisotopic (exact) mass is 240 g/mol. The third-order valence-corrected chi connectivity index (χ3v) is 2.72. The van der Waals surface area contributed by atoms with E-state index in [1.165, 1.54) is 0 Å². The predicted molar refractivity (Wildman–Crippen MR) is 66.5 cm³/mol. The number of hydrogen-bond acceptors (Lipinski definition) is 2. The molecule has 88 valence electrons. The van der Waals surface area contributed by atoms with Gasteiger partial charge < -0.3 is 5.32 Å². The second-order valence-electron chi connectivity index (χ2n) is 3.78. The zero-order chi connectivity index (χ0) is 12.1. The highest BCUT2D eigenvalue weighted by Gasteiger charge is 2.14. The van der Waals surface area contributed by atoms with Gasteiger partial charge in [0.15, 0.2) is 0 Å². The largest absolute Gasteiger partial charge is 0.358 e. The van der Waals surface area contributed by atoms with Gasteiger partial charge in [0.05, 0.1) is 6.04 Å². The highest BCUT2D eigenvalue weighted by molar-refractivity contribution is 6.30. The Bertz CT molecular complexity index is 368. The first kappa shape index (κ1) is 13.0. The first-order valence-electron chi connectivity index (χ1n) is 5.27. The van der Waals surface area contributed by atoms with Gasteiger partial charge in [0.2, 0.25) is 5.91 Å². The Morgan fingerprint density at radius 2 is 2.06 bits per heavy atom. The fourth-order valence-electron chi connectivity index (χ4n) is 1.54. The minimum Gasteiger partial charge on any atom is -0.358 e. The van der Waals surface area contributed by atoms with Crippen LogP contribution in [0.3, 0.4) is 0 Å². The van der Waals surface area contributed by atoms with Gasteiger partial charge in [-0.2, -0.15) is 0 Å². The Hall–Kier alpha value is -1.06. The highest BCUT2D eigenvalue weighted by atomic mass is 35.5. The first-order valence-corrected chi connectivity index (χ1v) is 5.65. The molecule has 0 radical (unpaired) electrons. The molecule has 0 fully saturated rings. The standard InChI is InChI=1S/C12H17ClN2O/c1-8(15-9(2)12(16)14-3)10-5-4-6-11(13)7-10/h4-9,15H,1-3H3,(H,14,16). The van der Waals surface area contributed by atoms with E-state index in [1.54, 1.807) is 7.05 Å². The quantitative estimate of drug-likeness (QED) is 0.847. The van der Waals surface area contributed by atoms with Crippen molar-refractivity contribution in [1.82, 2.24) is 10.6 Å². The molecule has 1 aromatic rings. The number of halogens is 1. The fraction of sp³-hybridized carbons (Fsp3) is 0.417. The van der Waals surface area contributed by atoms with Crippen LogP contribution in [0.25, 0.3) is 0 Å². The van der Waals surface area contributed by atoms with Crippen LogP contribution in [0.1, 0.15) is 25.5 Å². The number of nitrogens with one attached hydrogen (secondary N) is 2. The maximum atomic E-state index is 11.3. The Balaban J connectivity index is 2.65. The molecular formula is C12H17ClN2O. The summed E-state index contributed by atoms with van der Waals surface area (Å²) in [5, 5.41) is 6.52. The van der Waals surface area contributed by atoms with E-state index in [9.17, 15) is 4.79 Å². The molecule has 0 heterocycles. The lowest BCUT2D eigenvalue weighted by Crippen LogP contribution is -2.41. The van der Waals surface area contributed by atoms with E-state index in [-0.39, 0.29) is 18.0 Å². The summed E-state index contributed by atoms with van der Waals surface area (Å²) < 4.78 is 0. The molecule has 2 unspecified atom stereocenters. The molecule has 2 atom stereocenters. The number of amides is 1. The molecule has 0 saturated carbocycles. The van der Waals surface area contributed by atoms with Gasteiger partial charge in [0.25, 0.3) is 0 Å². The third-order valence-electron chi connectivity index (χ3n) is 2.49. The number of rotatable bonds is 4. The van der Waals surface area contributed by atoms with Gasteiger partial charge in [-0.3, -0.25) is 10.1 Å². The molecule has 4 heteroatoms. The minimum absolute atomic E-state index is 0.0196. The fourth-order valence-corrected chi connectivity index (χ4v) is 1.74. The Kier molecular flexibility index (Phi) is 4.77. The molecule has 0 bridgehead atoms. The lowest BCUT2D eigenvalue weighted by molar-refractivity contribution is -0.122. The van der Waals surface area contributed by atoms with Crippen molar-refractivity contribution in [2.24, 2.45) is 0 Å². The van der Waals surface area contributed by atoms with Crippen LogP contribution in [0, 0.1) is 0 Å². The Morgan fingerprint density at radius 3 is 2.62 bits per heavy atom. The van der Waals surface area contributed by atoms with Gasteiger partial charge in [-0.05, 0) is 31.5 Å². The smallest absolute Gasteiger partial charge is 0.236 e. The minimum atomic E-state index is -0.223. The molecule has 1 rings (SSSR count). The molecule has 0 aliphatic heterocycles. The second kappa shape index (κ2) is 5.87. The van der Waals surface area contributed by atoms with E-state index >= 15 is 0 Å². The molecule has 2 N–H and O–H groups in total. The van der Waals surface area contributed by atoms with Crippen molar-refractivity contribution >= 4 is 17.5 Å². The predicted octanol–water partition coefficient (Wildman–Crippen LogP) is 2.13. The average Bonchev–Trinajstić information content (AvgIpc) is 2.27. The van der Waals surface area contributed by atoms with Crippen LogP contribution in [0.15, 0.2) is 24.3 Å². The maximum Gasteiger partial charge on any atom is 0.236 e. The Morgan fingerprint density at radius 1 is 1.38 bits per heavy atom. The van der Waals surface area contributed by atoms with Crippen LogP contribution in [-0.2, 0) is 4.79 Å². The lowest BCUT2D eigenvalue weighted by Gasteiger charge is -2.19. The van der Waals surface area contributed by atoms with Gasteiger partial charge in [0.1, 0.15) is 0 Å². The molecule has 0 aliphatic rings. The molecule has 0 saturated heterocycles. The van der Waals surface area contributed by atoms with Crippen LogP contribution in [-0.4, -0.2) is 19.0 Å². The molecule has 1 amide bonds. The average molecular weight is 241 g/mol. The number of benzene rings is 1. The summed E-state index contributed by atoms with van der Waals surface area (Å²) in [4.78, 5) is 11.3. The summed E-state index contributed by atoms with van der Waals surface area (Å²) in [6, 6.07) is 7.49. The SMILES string of the molecule is CNC(=O)C(C)NC(C)c1cccc(Cl)c1. The number of likely N-dealkylation sites (N-methyl/N-ethyl adjacent to an activating group) is 1. The van der Waals surface area contributed by atoms with E-state index in [2.05, 4.69) is 10.6 Å². The topological polar surface area (TPSA) is 41.1 Å². The van der Waals surface area contributed by atoms with Gasteiger partial charge >= 0.3 is 0 Å². The molecule has 0 spiro atoms. The van der Waals surface area contributed by atoms with Crippen LogP contribution in [0.4, 0.5) is 0 Å². The van der Waals surface area contributed by atoms with Crippen LogP contribution in [0.5, 0.6) is 0 Å². The van der Waals surface area contributed by atoms with E-state index in [0.717, 1.165) is 5.56 Å². The maximum absolute atomic E-state index is 11.3. The van der Waals surface area contributed by atoms with E-state index in [4.69, 9.17) is 11.6 Å². The van der Waals surface area contributed by atoms with E-state index in [1.807, 2.05) is 38.1 Å². The van der Waals surface area contributed by atoms with Gasteiger partial charge in [0, 0.05) is 18.1 Å². The van der Waals surface area contributed by atoms with Gasteiger partial charge in [-0.1, -0.05) is 23.7 Å². The van der Waals surface area contributed by atoms with Crippen molar-refractivity contribution in [3.8, 4) is 0 Å². The molecule has 16 heavy (non-hydrogen) atoms. The van der Waals surface area contributed by atoms with Crippen molar-refractivity contribution < 1.29 is 4.79 Å². The van der Waals surface area contributed by atoms with Gasteiger partial charge in [-0.25, -0.2) is 0 Å². The second-order valence-corrected chi connectivity index (χ2v) is 4.22. The lowest BCUT2D eigenvalue weighted by atomic mass is 10.1. The third kappa shape index (κ3) is 3.51. The molecular weight excluding hydrogens is 224 g/mol. The zero-order valence-corrected chi connectivity index (χ0v) is 10.5. The number of carbonyl (C=O) groups excluding carboxylic acids is 1. The van der Waals surface area contributed by atoms with Crippen LogP contribution < -0.4 is 10.6 Å². The first-order chi connectivity index (χ1) is 7.54. The van der Waals surface area contributed by atoms with Crippen LogP contribution >= 0.6 is 11.6 Å². The van der Waals surface area contributed by atoms with Crippen molar-refractivity contribution in [3.05, 3.63) is 34.9 Å². The highest BCUT2D eigenvalue weighted by Crippen LogP contribution is 2.17. The zero-order valence-electron chi connectivity index (χ0n) is 9.75. The summed E-state index contributed by atoms with van der Waals surface area (Å²) >= 11 is 5.91. The molecule has 0 aliphatic carbocycles. The summed E-state index contributed by atoms with van der Waals surface area (Å²) in [5.74, 6) is -0.0196. The van der Waals surface area contributed by atoms with E-state index in [0.29, 0.717) is 5.02 Å².